The van der Waals surface area contributed by atoms with Crippen LogP contribution in [-0.4, -0.2) is 26.3 Å². The summed E-state index contributed by atoms with van der Waals surface area (Å²) in [6.07, 6.45) is 0. The molecule has 0 atom stereocenters. The first-order valence-corrected chi connectivity index (χ1v) is 8.47. The van der Waals surface area contributed by atoms with Crippen LogP contribution in [0.15, 0.2) is 36.4 Å². The topological polar surface area (TPSA) is 83.6 Å². The standard InChI is InChI=1S/C17H19N5OS/c1-17(2,3)13-9-12(19-20-13)15(23)18-10-14-21-22-16(24-14)11-7-5-4-6-8-11/h4-9H,10H2,1-3H3,(H,18,23)(H,19,20). The Morgan fingerprint density at radius 1 is 1.21 bits per heavy atom. The number of benzene rings is 1. The number of aromatic nitrogens is 4. The van der Waals surface area contributed by atoms with Crippen LogP contribution in [0.25, 0.3) is 10.6 Å². The van der Waals surface area contributed by atoms with Crippen LogP contribution in [0, 0.1) is 0 Å². The minimum absolute atomic E-state index is 0.0984. The van der Waals surface area contributed by atoms with Gasteiger partial charge in [-0.3, -0.25) is 9.89 Å². The molecule has 0 radical (unpaired) electrons. The van der Waals surface area contributed by atoms with E-state index in [1.165, 1.54) is 11.3 Å². The van der Waals surface area contributed by atoms with Crippen molar-refractivity contribution in [2.75, 3.05) is 0 Å². The molecular weight excluding hydrogens is 322 g/mol. The van der Waals surface area contributed by atoms with Crippen molar-refractivity contribution in [2.45, 2.75) is 32.7 Å². The molecule has 0 saturated carbocycles. The molecule has 24 heavy (non-hydrogen) atoms. The van der Waals surface area contributed by atoms with Crippen molar-refractivity contribution in [3.05, 3.63) is 52.8 Å². The molecule has 2 N–H and O–H groups in total. The van der Waals surface area contributed by atoms with E-state index in [2.05, 4.69) is 46.5 Å². The highest BCUT2D eigenvalue weighted by atomic mass is 32.1. The first kappa shape index (κ1) is 16.3. The highest BCUT2D eigenvalue weighted by Gasteiger charge is 2.19. The molecule has 3 rings (SSSR count). The summed E-state index contributed by atoms with van der Waals surface area (Å²) in [7, 11) is 0. The summed E-state index contributed by atoms with van der Waals surface area (Å²) in [6.45, 7) is 6.50. The van der Waals surface area contributed by atoms with E-state index >= 15 is 0 Å². The summed E-state index contributed by atoms with van der Waals surface area (Å²) < 4.78 is 0. The normalized spacial score (nSPS) is 11.5. The van der Waals surface area contributed by atoms with E-state index in [1.807, 2.05) is 30.3 Å². The van der Waals surface area contributed by atoms with Crippen molar-refractivity contribution in [3.8, 4) is 10.6 Å². The summed E-state index contributed by atoms with van der Waals surface area (Å²) >= 11 is 1.47. The predicted octanol–water partition coefficient (Wildman–Crippen LogP) is 3.16. The van der Waals surface area contributed by atoms with Crippen LogP contribution in [0.4, 0.5) is 0 Å². The van der Waals surface area contributed by atoms with Gasteiger partial charge < -0.3 is 5.32 Å². The van der Waals surface area contributed by atoms with E-state index in [0.717, 1.165) is 21.3 Å². The van der Waals surface area contributed by atoms with E-state index in [9.17, 15) is 4.79 Å². The van der Waals surface area contributed by atoms with Crippen molar-refractivity contribution >= 4 is 17.2 Å². The Morgan fingerprint density at radius 2 is 1.96 bits per heavy atom. The maximum Gasteiger partial charge on any atom is 0.269 e. The maximum atomic E-state index is 12.2. The number of H-pyrrole nitrogens is 1. The summed E-state index contributed by atoms with van der Waals surface area (Å²) in [5.41, 5.74) is 2.23. The van der Waals surface area contributed by atoms with E-state index in [-0.39, 0.29) is 11.3 Å². The third-order valence-electron chi connectivity index (χ3n) is 3.48. The Labute approximate surface area is 144 Å². The predicted molar refractivity (Wildman–Crippen MR) is 93.8 cm³/mol. The smallest absolute Gasteiger partial charge is 0.269 e. The van der Waals surface area contributed by atoms with Gasteiger partial charge in [0.1, 0.15) is 15.7 Å². The second-order valence-corrected chi connectivity index (χ2v) is 7.53. The molecule has 7 heteroatoms. The average Bonchev–Trinajstić information content (AvgIpc) is 3.22. The van der Waals surface area contributed by atoms with E-state index in [4.69, 9.17) is 0 Å². The highest BCUT2D eigenvalue weighted by molar-refractivity contribution is 7.14. The summed E-state index contributed by atoms with van der Waals surface area (Å²) in [5.74, 6) is -0.200. The van der Waals surface area contributed by atoms with Crippen molar-refractivity contribution < 1.29 is 4.79 Å². The number of aromatic amines is 1. The molecule has 2 aromatic heterocycles. The summed E-state index contributed by atoms with van der Waals surface area (Å²) in [5, 5.41) is 19.7. The number of hydrogen-bond acceptors (Lipinski definition) is 5. The Morgan fingerprint density at radius 3 is 2.62 bits per heavy atom. The highest BCUT2D eigenvalue weighted by Crippen LogP contribution is 2.23. The van der Waals surface area contributed by atoms with Crippen LogP contribution in [0.3, 0.4) is 0 Å². The molecule has 1 amide bonds. The molecule has 0 spiro atoms. The second-order valence-electron chi connectivity index (χ2n) is 6.47. The minimum Gasteiger partial charge on any atom is -0.344 e. The fraction of sp³-hybridized carbons (Fsp3) is 0.294. The monoisotopic (exact) mass is 341 g/mol. The first-order valence-electron chi connectivity index (χ1n) is 7.65. The summed E-state index contributed by atoms with van der Waals surface area (Å²) in [6, 6.07) is 11.6. The quantitative estimate of drug-likeness (QED) is 0.763. The van der Waals surface area contributed by atoms with E-state index < -0.39 is 0 Å². The van der Waals surface area contributed by atoms with Gasteiger partial charge in [0, 0.05) is 11.0 Å². The number of carbonyl (C=O) groups is 1. The zero-order valence-corrected chi connectivity index (χ0v) is 14.6. The number of hydrogen-bond donors (Lipinski definition) is 2. The van der Waals surface area contributed by atoms with Crippen LogP contribution >= 0.6 is 11.3 Å². The van der Waals surface area contributed by atoms with E-state index in [1.54, 1.807) is 6.07 Å². The molecule has 1 aromatic carbocycles. The Balaban J connectivity index is 1.63. The van der Waals surface area contributed by atoms with Crippen LogP contribution in [0.2, 0.25) is 0 Å². The van der Waals surface area contributed by atoms with Gasteiger partial charge in [-0.05, 0) is 6.07 Å². The lowest BCUT2D eigenvalue weighted by molar-refractivity contribution is 0.0946. The number of nitrogens with one attached hydrogen (secondary N) is 2. The van der Waals surface area contributed by atoms with Gasteiger partial charge in [-0.1, -0.05) is 62.4 Å². The van der Waals surface area contributed by atoms with Gasteiger partial charge >= 0.3 is 0 Å². The Hall–Kier alpha value is -2.54. The molecule has 6 nitrogen and oxygen atoms in total. The van der Waals surface area contributed by atoms with Crippen LogP contribution < -0.4 is 5.32 Å². The Kier molecular flexibility index (Phi) is 4.44. The van der Waals surface area contributed by atoms with Crippen LogP contribution in [-0.2, 0) is 12.0 Å². The van der Waals surface area contributed by atoms with E-state index in [0.29, 0.717) is 12.2 Å². The van der Waals surface area contributed by atoms with Gasteiger partial charge in [-0.15, -0.1) is 10.2 Å². The van der Waals surface area contributed by atoms with Crippen LogP contribution in [0.5, 0.6) is 0 Å². The first-order chi connectivity index (χ1) is 11.4. The van der Waals surface area contributed by atoms with Crippen molar-refractivity contribution in [3.63, 3.8) is 0 Å². The molecule has 0 bridgehead atoms. The fourth-order valence-corrected chi connectivity index (χ4v) is 2.88. The molecule has 2 heterocycles. The lowest BCUT2D eigenvalue weighted by Gasteiger charge is -2.13. The lowest BCUT2D eigenvalue weighted by atomic mass is 9.92. The van der Waals surface area contributed by atoms with Crippen molar-refractivity contribution in [2.24, 2.45) is 0 Å². The maximum absolute atomic E-state index is 12.2. The van der Waals surface area contributed by atoms with Gasteiger partial charge in [0.15, 0.2) is 0 Å². The van der Waals surface area contributed by atoms with Gasteiger partial charge in [0.2, 0.25) is 0 Å². The Bertz CT molecular complexity index is 832. The van der Waals surface area contributed by atoms with Gasteiger partial charge in [-0.2, -0.15) is 5.10 Å². The SMILES string of the molecule is CC(C)(C)c1cc(C(=O)NCc2nnc(-c3ccccc3)s2)[nH]n1. The second kappa shape index (κ2) is 6.52. The molecule has 0 aliphatic carbocycles. The molecule has 0 aliphatic heterocycles. The van der Waals surface area contributed by atoms with Gasteiger partial charge in [0.05, 0.1) is 12.2 Å². The zero-order chi connectivity index (χ0) is 17.2. The number of rotatable bonds is 4. The third kappa shape index (κ3) is 3.68. The minimum atomic E-state index is -0.200. The van der Waals surface area contributed by atoms with Crippen molar-refractivity contribution in [1.29, 1.82) is 0 Å². The fourth-order valence-electron chi connectivity index (χ4n) is 2.10. The molecule has 0 saturated heterocycles. The molecule has 0 unspecified atom stereocenters. The molecular formula is C17H19N5OS. The van der Waals surface area contributed by atoms with Gasteiger partial charge in [-0.25, -0.2) is 0 Å². The molecule has 3 aromatic rings. The zero-order valence-electron chi connectivity index (χ0n) is 13.8. The third-order valence-corrected chi connectivity index (χ3v) is 4.45. The molecule has 0 fully saturated rings. The van der Waals surface area contributed by atoms with Crippen LogP contribution in [0.1, 0.15) is 42.0 Å². The number of amides is 1. The van der Waals surface area contributed by atoms with Crippen molar-refractivity contribution in [1.82, 2.24) is 25.7 Å². The molecule has 124 valence electrons. The lowest BCUT2D eigenvalue weighted by Crippen LogP contribution is -2.23. The number of nitrogens with zero attached hydrogens (tertiary/aromatic N) is 3. The molecule has 0 aliphatic rings. The van der Waals surface area contributed by atoms with Gasteiger partial charge in [0.25, 0.3) is 5.91 Å². The number of carbonyl (C=O) groups excluding carboxylic acids is 1. The largest absolute Gasteiger partial charge is 0.344 e. The summed E-state index contributed by atoms with van der Waals surface area (Å²) in [4.78, 5) is 12.2. The average molecular weight is 341 g/mol.